The molecule has 0 atom stereocenters. The Morgan fingerprint density at radius 1 is 1.38 bits per heavy atom. The molecule has 0 aliphatic carbocycles. The van der Waals surface area contributed by atoms with Gasteiger partial charge in [-0.1, -0.05) is 12.1 Å². The lowest BCUT2D eigenvalue weighted by Gasteiger charge is -2.18. The molecule has 0 aliphatic heterocycles. The van der Waals surface area contributed by atoms with Gasteiger partial charge < -0.3 is 15.4 Å². The summed E-state index contributed by atoms with van der Waals surface area (Å²) in [6.45, 7) is 3.42. The van der Waals surface area contributed by atoms with Crippen molar-refractivity contribution in [3.05, 3.63) is 29.8 Å². The second-order valence-electron chi connectivity index (χ2n) is 3.54. The van der Waals surface area contributed by atoms with Gasteiger partial charge in [0.1, 0.15) is 5.75 Å². The number of ether oxygens (including phenoxy) is 1. The zero-order valence-electron chi connectivity index (χ0n) is 10.1. The number of aliphatic imine (C=N–C) groups is 1. The van der Waals surface area contributed by atoms with Crippen LogP contribution in [0.15, 0.2) is 29.3 Å². The maximum Gasteiger partial charge on any atom is 0.191 e. The van der Waals surface area contributed by atoms with E-state index in [4.69, 9.17) is 10.5 Å². The predicted octanol–water partition coefficient (Wildman–Crippen LogP) is 1.46. The molecule has 2 N–H and O–H groups in total. The van der Waals surface area contributed by atoms with E-state index < -0.39 is 0 Å². The monoisotopic (exact) mass is 221 g/mol. The molecule has 88 valence electrons. The zero-order valence-corrected chi connectivity index (χ0v) is 10.1. The lowest BCUT2D eigenvalue weighted by Crippen LogP contribution is -2.33. The summed E-state index contributed by atoms with van der Waals surface area (Å²) in [5, 5.41) is 0. The highest BCUT2D eigenvalue weighted by Crippen LogP contribution is 2.12. The first-order chi connectivity index (χ1) is 7.67. The lowest BCUT2D eigenvalue weighted by atomic mass is 10.2. The first-order valence-corrected chi connectivity index (χ1v) is 5.31. The summed E-state index contributed by atoms with van der Waals surface area (Å²) in [6, 6.07) is 7.93. The second-order valence-corrected chi connectivity index (χ2v) is 3.54. The highest BCUT2D eigenvalue weighted by Gasteiger charge is 2.02. The minimum Gasteiger partial charge on any atom is -0.497 e. The summed E-state index contributed by atoms with van der Waals surface area (Å²) < 4.78 is 5.10. The van der Waals surface area contributed by atoms with Crippen molar-refractivity contribution in [2.45, 2.75) is 13.5 Å². The lowest BCUT2D eigenvalue weighted by molar-refractivity contribution is 0.414. The fourth-order valence-electron chi connectivity index (χ4n) is 1.37. The van der Waals surface area contributed by atoms with E-state index >= 15 is 0 Å². The van der Waals surface area contributed by atoms with E-state index in [1.54, 1.807) is 7.11 Å². The molecular formula is C12H19N3O. The van der Waals surface area contributed by atoms with Crippen LogP contribution in [0.3, 0.4) is 0 Å². The van der Waals surface area contributed by atoms with Gasteiger partial charge in [-0.3, -0.25) is 4.99 Å². The van der Waals surface area contributed by atoms with Gasteiger partial charge in [-0.15, -0.1) is 0 Å². The number of nitrogens with zero attached hydrogens (tertiary/aromatic N) is 2. The van der Waals surface area contributed by atoms with Gasteiger partial charge in [0.2, 0.25) is 0 Å². The van der Waals surface area contributed by atoms with Crippen molar-refractivity contribution in [2.24, 2.45) is 10.7 Å². The quantitative estimate of drug-likeness (QED) is 0.618. The maximum absolute atomic E-state index is 5.78. The van der Waals surface area contributed by atoms with Crippen molar-refractivity contribution in [3.63, 3.8) is 0 Å². The van der Waals surface area contributed by atoms with E-state index in [0.717, 1.165) is 12.3 Å². The van der Waals surface area contributed by atoms with E-state index in [9.17, 15) is 0 Å². The molecule has 0 spiro atoms. The van der Waals surface area contributed by atoms with Crippen LogP contribution in [-0.2, 0) is 6.54 Å². The molecule has 0 amide bonds. The molecule has 0 saturated carbocycles. The fraction of sp³-hybridized carbons (Fsp3) is 0.417. The summed E-state index contributed by atoms with van der Waals surface area (Å²) in [4.78, 5) is 6.07. The third-order valence-corrected chi connectivity index (χ3v) is 2.29. The van der Waals surface area contributed by atoms with E-state index in [-0.39, 0.29) is 0 Å². The van der Waals surface area contributed by atoms with Gasteiger partial charge in [0.05, 0.1) is 7.11 Å². The summed E-state index contributed by atoms with van der Waals surface area (Å²) in [7, 11) is 3.59. The summed E-state index contributed by atoms with van der Waals surface area (Å²) in [5.74, 6) is 1.43. The summed E-state index contributed by atoms with van der Waals surface area (Å²) in [6.07, 6.45) is 0. The first kappa shape index (κ1) is 12.4. The highest BCUT2D eigenvalue weighted by atomic mass is 16.5. The Morgan fingerprint density at radius 2 is 2.00 bits per heavy atom. The number of nitrogens with two attached hydrogens (primary N) is 1. The van der Waals surface area contributed by atoms with Gasteiger partial charge in [-0.25, -0.2) is 0 Å². The van der Waals surface area contributed by atoms with Crippen LogP contribution >= 0.6 is 0 Å². The zero-order chi connectivity index (χ0) is 12.0. The maximum atomic E-state index is 5.78. The van der Waals surface area contributed by atoms with Crippen LogP contribution in [-0.4, -0.2) is 31.6 Å². The van der Waals surface area contributed by atoms with Crippen molar-refractivity contribution < 1.29 is 4.74 Å². The molecule has 0 saturated heterocycles. The number of hydrogen-bond acceptors (Lipinski definition) is 2. The molecule has 0 unspecified atom stereocenters. The average molecular weight is 221 g/mol. The van der Waals surface area contributed by atoms with Crippen LogP contribution in [0.4, 0.5) is 0 Å². The van der Waals surface area contributed by atoms with E-state index in [2.05, 4.69) is 4.99 Å². The van der Waals surface area contributed by atoms with Crippen LogP contribution < -0.4 is 10.5 Å². The summed E-state index contributed by atoms with van der Waals surface area (Å²) in [5.41, 5.74) is 6.96. The molecule has 0 heterocycles. The Kier molecular flexibility index (Phi) is 4.64. The SMILES string of the molecule is CCN=C(N)N(C)Cc1ccc(OC)cc1. The molecule has 0 bridgehead atoms. The van der Waals surface area contributed by atoms with Crippen LogP contribution in [0.5, 0.6) is 5.75 Å². The normalized spacial score (nSPS) is 11.3. The van der Waals surface area contributed by atoms with Gasteiger partial charge in [0, 0.05) is 20.1 Å². The van der Waals surface area contributed by atoms with E-state index in [1.807, 2.05) is 43.1 Å². The molecule has 4 heteroatoms. The molecule has 1 aromatic carbocycles. The Balaban J connectivity index is 2.62. The van der Waals surface area contributed by atoms with Gasteiger partial charge in [0.15, 0.2) is 5.96 Å². The summed E-state index contributed by atoms with van der Waals surface area (Å²) >= 11 is 0. The van der Waals surface area contributed by atoms with Crippen LogP contribution in [0.1, 0.15) is 12.5 Å². The van der Waals surface area contributed by atoms with E-state index in [1.165, 1.54) is 5.56 Å². The molecular weight excluding hydrogens is 202 g/mol. The minimum absolute atomic E-state index is 0.568. The molecule has 0 fully saturated rings. The molecule has 1 aromatic rings. The van der Waals surface area contributed by atoms with Crippen molar-refractivity contribution in [2.75, 3.05) is 20.7 Å². The third kappa shape index (κ3) is 3.46. The van der Waals surface area contributed by atoms with Crippen LogP contribution in [0, 0.1) is 0 Å². The predicted molar refractivity (Wildman–Crippen MR) is 66.6 cm³/mol. The fourth-order valence-corrected chi connectivity index (χ4v) is 1.37. The van der Waals surface area contributed by atoms with Gasteiger partial charge in [-0.2, -0.15) is 0 Å². The number of guanidine groups is 1. The topological polar surface area (TPSA) is 50.8 Å². The van der Waals surface area contributed by atoms with Crippen molar-refractivity contribution in [3.8, 4) is 5.75 Å². The highest BCUT2D eigenvalue weighted by molar-refractivity contribution is 5.77. The van der Waals surface area contributed by atoms with Crippen molar-refractivity contribution >= 4 is 5.96 Å². The Labute approximate surface area is 96.7 Å². The number of methoxy groups -OCH3 is 1. The molecule has 0 aromatic heterocycles. The molecule has 4 nitrogen and oxygen atoms in total. The number of rotatable bonds is 4. The smallest absolute Gasteiger partial charge is 0.191 e. The first-order valence-electron chi connectivity index (χ1n) is 5.31. The van der Waals surface area contributed by atoms with E-state index in [0.29, 0.717) is 12.5 Å². The number of hydrogen-bond donors (Lipinski definition) is 1. The van der Waals surface area contributed by atoms with Gasteiger partial charge in [-0.05, 0) is 24.6 Å². The molecule has 0 aliphatic rings. The Bertz CT molecular complexity index is 346. The van der Waals surface area contributed by atoms with Crippen LogP contribution in [0.2, 0.25) is 0 Å². The molecule has 16 heavy (non-hydrogen) atoms. The third-order valence-electron chi connectivity index (χ3n) is 2.29. The second kappa shape index (κ2) is 6.00. The minimum atomic E-state index is 0.568. The Hall–Kier alpha value is -1.71. The van der Waals surface area contributed by atoms with Gasteiger partial charge >= 0.3 is 0 Å². The van der Waals surface area contributed by atoms with Crippen molar-refractivity contribution in [1.82, 2.24) is 4.90 Å². The Morgan fingerprint density at radius 3 is 2.50 bits per heavy atom. The molecule has 0 radical (unpaired) electrons. The number of benzene rings is 1. The van der Waals surface area contributed by atoms with Crippen molar-refractivity contribution in [1.29, 1.82) is 0 Å². The standard InChI is InChI=1S/C12H19N3O/c1-4-14-12(13)15(2)9-10-5-7-11(16-3)8-6-10/h5-8H,4,9H2,1-3H3,(H2,13,14). The average Bonchev–Trinajstić information content (AvgIpc) is 2.30. The van der Waals surface area contributed by atoms with Crippen LogP contribution in [0.25, 0.3) is 0 Å². The largest absolute Gasteiger partial charge is 0.497 e. The van der Waals surface area contributed by atoms with Gasteiger partial charge in [0.25, 0.3) is 0 Å². The molecule has 1 rings (SSSR count).